The van der Waals surface area contributed by atoms with Gasteiger partial charge in [0.2, 0.25) is 0 Å². The van der Waals surface area contributed by atoms with Gasteiger partial charge in [0.05, 0.1) is 9.92 Å². The Hall–Kier alpha value is -1.59. The van der Waals surface area contributed by atoms with Crippen molar-refractivity contribution in [2.75, 3.05) is 11.6 Å². The van der Waals surface area contributed by atoms with E-state index in [0.717, 1.165) is 11.3 Å². The van der Waals surface area contributed by atoms with E-state index in [1.807, 2.05) is 6.92 Å². The van der Waals surface area contributed by atoms with Gasteiger partial charge in [0.25, 0.3) is 0 Å². The van der Waals surface area contributed by atoms with Gasteiger partial charge >= 0.3 is 0 Å². The van der Waals surface area contributed by atoms with E-state index >= 15 is 0 Å². The summed E-state index contributed by atoms with van der Waals surface area (Å²) in [5.74, 6) is -0.454. The number of benzene rings is 2. The number of hydrogen-bond acceptors (Lipinski definition) is 3. The minimum atomic E-state index is -3.20. The summed E-state index contributed by atoms with van der Waals surface area (Å²) in [6, 6.07) is 10.9. The first-order chi connectivity index (χ1) is 9.77. The lowest BCUT2D eigenvalue weighted by Crippen LogP contribution is -2.07. The number of anilines is 1. The molecule has 2 aromatic carbocycles. The smallest absolute Gasteiger partial charge is 0.175 e. The molecule has 0 amide bonds. The molecule has 0 bridgehead atoms. The average Bonchev–Trinajstić information content (AvgIpc) is 2.41. The summed E-state index contributed by atoms with van der Waals surface area (Å²) in [5, 5.41) is 3.28. The van der Waals surface area contributed by atoms with Crippen LogP contribution in [0.2, 0.25) is 5.02 Å². The lowest BCUT2D eigenvalue weighted by atomic mass is 10.1. The van der Waals surface area contributed by atoms with Crippen LogP contribution in [0.5, 0.6) is 0 Å². The molecule has 0 saturated carbocycles. The predicted octanol–water partition coefficient (Wildman–Crippen LogP) is 4.06. The van der Waals surface area contributed by atoms with E-state index in [1.54, 1.807) is 36.4 Å². The topological polar surface area (TPSA) is 46.2 Å². The van der Waals surface area contributed by atoms with Crippen molar-refractivity contribution in [3.63, 3.8) is 0 Å². The van der Waals surface area contributed by atoms with E-state index in [4.69, 9.17) is 11.6 Å². The molecule has 6 heteroatoms. The van der Waals surface area contributed by atoms with Crippen LogP contribution in [0.4, 0.5) is 10.1 Å². The number of sulfone groups is 1. The third-order valence-corrected chi connectivity index (χ3v) is 4.53. The third kappa shape index (κ3) is 3.95. The monoisotopic (exact) mass is 327 g/mol. The van der Waals surface area contributed by atoms with Crippen molar-refractivity contribution in [2.45, 2.75) is 17.9 Å². The zero-order valence-corrected chi connectivity index (χ0v) is 13.2. The minimum absolute atomic E-state index is 0.0774. The van der Waals surface area contributed by atoms with Crippen molar-refractivity contribution in [1.82, 2.24) is 0 Å². The molecule has 0 aliphatic carbocycles. The Labute approximate surface area is 128 Å². The lowest BCUT2D eigenvalue weighted by molar-refractivity contribution is 0.602. The van der Waals surface area contributed by atoms with E-state index < -0.39 is 15.7 Å². The maximum absolute atomic E-state index is 13.1. The minimum Gasteiger partial charge on any atom is -0.379 e. The molecule has 1 unspecified atom stereocenters. The van der Waals surface area contributed by atoms with Crippen LogP contribution in [-0.2, 0) is 9.84 Å². The molecule has 0 aliphatic heterocycles. The van der Waals surface area contributed by atoms with Gasteiger partial charge in [-0.25, -0.2) is 12.8 Å². The summed E-state index contributed by atoms with van der Waals surface area (Å²) in [4.78, 5) is 0.269. The first-order valence-corrected chi connectivity index (χ1v) is 8.56. The molecule has 0 heterocycles. The SMILES string of the molecule is CC(Nc1ccc(S(C)(=O)=O)cc1)c1ccc(F)c(Cl)c1. The second kappa shape index (κ2) is 6.03. The maximum Gasteiger partial charge on any atom is 0.175 e. The third-order valence-electron chi connectivity index (χ3n) is 3.11. The van der Waals surface area contributed by atoms with Crippen molar-refractivity contribution in [2.24, 2.45) is 0 Å². The van der Waals surface area contributed by atoms with Crippen LogP contribution in [-0.4, -0.2) is 14.7 Å². The molecule has 0 fully saturated rings. The van der Waals surface area contributed by atoms with Crippen LogP contribution < -0.4 is 5.32 Å². The summed E-state index contributed by atoms with van der Waals surface area (Å²) in [5.41, 5.74) is 1.61. The van der Waals surface area contributed by atoms with Crippen molar-refractivity contribution in [3.05, 3.63) is 58.9 Å². The fourth-order valence-electron chi connectivity index (χ4n) is 1.91. The standard InChI is InChI=1S/C15H15ClFNO2S/c1-10(11-3-8-15(17)14(16)9-11)18-12-4-6-13(7-5-12)21(2,19)20/h3-10,18H,1-2H3. The second-order valence-electron chi connectivity index (χ2n) is 4.84. The molecule has 3 nitrogen and oxygen atoms in total. The highest BCUT2D eigenvalue weighted by Gasteiger charge is 2.10. The van der Waals surface area contributed by atoms with Crippen LogP contribution >= 0.6 is 11.6 Å². The molecular formula is C15H15ClFNO2S. The molecule has 2 rings (SSSR count). The molecule has 0 aromatic heterocycles. The Morgan fingerprint density at radius 1 is 1.14 bits per heavy atom. The van der Waals surface area contributed by atoms with Gasteiger partial charge in [0, 0.05) is 18.0 Å². The normalized spacial score (nSPS) is 13.0. The van der Waals surface area contributed by atoms with Crippen LogP contribution in [0, 0.1) is 5.82 Å². The van der Waals surface area contributed by atoms with Crippen LogP contribution in [0.1, 0.15) is 18.5 Å². The molecule has 2 aromatic rings. The summed E-state index contributed by atoms with van der Waals surface area (Å²) in [6.07, 6.45) is 1.17. The Balaban J connectivity index is 2.15. The maximum atomic E-state index is 13.1. The number of rotatable bonds is 4. The van der Waals surface area contributed by atoms with E-state index in [1.165, 1.54) is 12.3 Å². The van der Waals surface area contributed by atoms with Crippen LogP contribution in [0.3, 0.4) is 0 Å². The quantitative estimate of drug-likeness (QED) is 0.921. The summed E-state index contributed by atoms with van der Waals surface area (Å²) in [7, 11) is -3.20. The molecule has 1 atom stereocenters. The molecule has 0 saturated heterocycles. The van der Waals surface area contributed by atoms with Crippen molar-refractivity contribution < 1.29 is 12.8 Å². The van der Waals surface area contributed by atoms with Crippen molar-refractivity contribution in [1.29, 1.82) is 0 Å². The molecule has 21 heavy (non-hydrogen) atoms. The van der Waals surface area contributed by atoms with Crippen LogP contribution in [0.15, 0.2) is 47.4 Å². The molecule has 0 aliphatic rings. The van der Waals surface area contributed by atoms with Crippen molar-refractivity contribution >= 4 is 27.1 Å². The summed E-state index contributed by atoms with van der Waals surface area (Å²) in [6.45, 7) is 1.91. The molecule has 0 spiro atoms. The van der Waals surface area contributed by atoms with Gasteiger partial charge < -0.3 is 5.32 Å². The highest BCUT2D eigenvalue weighted by atomic mass is 35.5. The zero-order chi connectivity index (χ0) is 15.6. The first kappa shape index (κ1) is 15.8. The lowest BCUT2D eigenvalue weighted by Gasteiger charge is -2.16. The van der Waals surface area contributed by atoms with Gasteiger partial charge in [0.15, 0.2) is 9.84 Å². The van der Waals surface area contributed by atoms with Crippen molar-refractivity contribution in [3.8, 4) is 0 Å². The molecule has 1 N–H and O–H groups in total. The predicted molar refractivity (Wildman–Crippen MR) is 83.0 cm³/mol. The Morgan fingerprint density at radius 3 is 2.29 bits per heavy atom. The first-order valence-electron chi connectivity index (χ1n) is 6.29. The Bertz CT molecular complexity index is 745. The number of nitrogens with one attached hydrogen (secondary N) is 1. The van der Waals surface area contributed by atoms with E-state index in [2.05, 4.69) is 5.32 Å². The summed E-state index contributed by atoms with van der Waals surface area (Å²) >= 11 is 5.76. The molecular weight excluding hydrogens is 313 g/mol. The Kier molecular flexibility index (Phi) is 4.54. The fraction of sp³-hybridized carbons (Fsp3) is 0.200. The average molecular weight is 328 g/mol. The van der Waals surface area contributed by atoms with Crippen LogP contribution in [0.25, 0.3) is 0 Å². The van der Waals surface area contributed by atoms with E-state index in [0.29, 0.717) is 0 Å². The van der Waals surface area contributed by atoms with Gasteiger partial charge in [-0.2, -0.15) is 0 Å². The molecule has 0 radical (unpaired) electrons. The van der Waals surface area contributed by atoms with E-state index in [9.17, 15) is 12.8 Å². The largest absolute Gasteiger partial charge is 0.379 e. The fourth-order valence-corrected chi connectivity index (χ4v) is 2.73. The van der Waals surface area contributed by atoms with Gasteiger partial charge in [0.1, 0.15) is 5.82 Å². The Morgan fingerprint density at radius 2 is 1.76 bits per heavy atom. The molecule has 112 valence electrons. The number of hydrogen-bond donors (Lipinski definition) is 1. The van der Waals surface area contributed by atoms with Gasteiger partial charge in [-0.15, -0.1) is 0 Å². The highest BCUT2D eigenvalue weighted by Crippen LogP contribution is 2.24. The summed E-state index contributed by atoms with van der Waals surface area (Å²) < 4.78 is 35.9. The van der Waals surface area contributed by atoms with Gasteiger partial charge in [-0.3, -0.25) is 0 Å². The number of halogens is 2. The van der Waals surface area contributed by atoms with Gasteiger partial charge in [-0.05, 0) is 48.9 Å². The highest BCUT2D eigenvalue weighted by molar-refractivity contribution is 7.90. The zero-order valence-electron chi connectivity index (χ0n) is 11.6. The van der Waals surface area contributed by atoms with Gasteiger partial charge in [-0.1, -0.05) is 17.7 Å². The van der Waals surface area contributed by atoms with E-state index in [-0.39, 0.29) is 16.0 Å². The second-order valence-corrected chi connectivity index (χ2v) is 7.26.